The van der Waals surface area contributed by atoms with Gasteiger partial charge in [0.1, 0.15) is 11.1 Å². The normalized spacial score (nSPS) is 14.4. The van der Waals surface area contributed by atoms with Crippen LogP contribution in [-0.2, 0) is 24.1 Å². The number of anilines is 1. The summed E-state index contributed by atoms with van der Waals surface area (Å²) in [5.41, 5.74) is 2.84. The van der Waals surface area contributed by atoms with Gasteiger partial charge >= 0.3 is 0 Å². The van der Waals surface area contributed by atoms with Crippen LogP contribution >= 0.6 is 23.1 Å². The molecule has 1 amide bonds. The first-order valence-corrected chi connectivity index (χ1v) is 11.7. The third kappa shape index (κ3) is 4.74. The zero-order valence-electron chi connectivity index (χ0n) is 16.7. The van der Waals surface area contributed by atoms with Crippen molar-refractivity contribution in [1.82, 2.24) is 10.2 Å². The monoisotopic (exact) mass is 438 g/mol. The van der Waals surface area contributed by atoms with Gasteiger partial charge in [0.05, 0.1) is 17.2 Å². The van der Waals surface area contributed by atoms with E-state index in [9.17, 15) is 10.1 Å². The average molecular weight is 439 g/mol. The summed E-state index contributed by atoms with van der Waals surface area (Å²) in [5, 5.41) is 21.3. The molecule has 1 aliphatic carbocycles. The predicted molar refractivity (Wildman–Crippen MR) is 118 cm³/mol. The topological polar surface area (TPSA) is 91.8 Å². The van der Waals surface area contributed by atoms with Crippen molar-refractivity contribution in [2.45, 2.75) is 55.9 Å². The maximum absolute atomic E-state index is 12.7. The lowest BCUT2D eigenvalue weighted by Crippen LogP contribution is -2.22. The first-order valence-electron chi connectivity index (χ1n) is 10.0. The molecule has 0 bridgehead atoms. The fourth-order valence-electron chi connectivity index (χ4n) is 3.50. The second-order valence-electron chi connectivity index (χ2n) is 7.25. The lowest BCUT2D eigenvalue weighted by atomic mass is 10.1. The number of fused-ring (bicyclic) bond motifs is 1. The van der Waals surface area contributed by atoms with E-state index in [-0.39, 0.29) is 5.91 Å². The fourth-order valence-corrected chi connectivity index (χ4v) is 5.44. The van der Waals surface area contributed by atoms with Gasteiger partial charge in [-0.05, 0) is 43.7 Å². The van der Waals surface area contributed by atoms with E-state index in [4.69, 9.17) is 4.42 Å². The van der Waals surface area contributed by atoms with E-state index >= 15 is 0 Å². The molecular formula is C22H22N4O2S2. The highest BCUT2D eigenvalue weighted by Crippen LogP contribution is 2.37. The van der Waals surface area contributed by atoms with Gasteiger partial charge in [-0.15, -0.1) is 21.5 Å². The molecule has 0 saturated carbocycles. The molecule has 0 radical (unpaired) electrons. The van der Waals surface area contributed by atoms with E-state index in [1.54, 1.807) is 18.3 Å². The van der Waals surface area contributed by atoms with Crippen molar-refractivity contribution in [3.8, 4) is 6.07 Å². The third-order valence-corrected chi connectivity index (χ3v) is 7.20. The van der Waals surface area contributed by atoms with Crippen LogP contribution in [0.2, 0.25) is 0 Å². The van der Waals surface area contributed by atoms with Gasteiger partial charge in [0.2, 0.25) is 11.8 Å². The number of hydrogen-bond donors (Lipinski definition) is 1. The standard InChI is InChI=1S/C22H22N4O2S2/c1-14(29-22-26-25-19(28-22)12-15-8-4-2-5-9-15)20(27)24-21-17(13-23)16-10-6-3-7-11-18(16)30-21/h2,4-5,8-9,14H,3,6-7,10-12H2,1H3,(H,24,27). The van der Waals surface area contributed by atoms with Crippen molar-refractivity contribution in [2.75, 3.05) is 5.32 Å². The van der Waals surface area contributed by atoms with Crippen LogP contribution in [0.15, 0.2) is 40.0 Å². The zero-order valence-corrected chi connectivity index (χ0v) is 18.3. The van der Waals surface area contributed by atoms with E-state index < -0.39 is 5.25 Å². The molecule has 2 heterocycles. The van der Waals surface area contributed by atoms with Crippen molar-refractivity contribution in [3.05, 3.63) is 57.8 Å². The summed E-state index contributed by atoms with van der Waals surface area (Å²) in [5.74, 6) is 0.348. The lowest BCUT2D eigenvalue weighted by Gasteiger charge is -2.09. The Kier molecular flexibility index (Phi) is 6.50. The molecule has 0 fully saturated rings. The number of hydrogen-bond acceptors (Lipinski definition) is 7. The van der Waals surface area contributed by atoms with Crippen LogP contribution < -0.4 is 5.32 Å². The van der Waals surface area contributed by atoms with Gasteiger partial charge < -0.3 is 9.73 Å². The van der Waals surface area contributed by atoms with Gasteiger partial charge in [-0.2, -0.15) is 5.26 Å². The molecule has 0 aliphatic heterocycles. The number of benzene rings is 1. The van der Waals surface area contributed by atoms with Crippen LogP contribution in [0.1, 0.15) is 53.6 Å². The van der Waals surface area contributed by atoms with Crippen molar-refractivity contribution in [2.24, 2.45) is 0 Å². The summed E-state index contributed by atoms with van der Waals surface area (Å²) in [4.78, 5) is 14.0. The molecule has 4 rings (SSSR count). The Hall–Kier alpha value is -2.63. The number of nitriles is 1. The molecule has 30 heavy (non-hydrogen) atoms. The van der Waals surface area contributed by atoms with Crippen molar-refractivity contribution < 1.29 is 9.21 Å². The quantitative estimate of drug-likeness (QED) is 0.431. The molecule has 0 spiro atoms. The molecule has 154 valence electrons. The highest BCUT2D eigenvalue weighted by molar-refractivity contribution is 8.00. The van der Waals surface area contributed by atoms with Crippen molar-refractivity contribution in [3.63, 3.8) is 0 Å². The van der Waals surface area contributed by atoms with Crippen LogP contribution in [-0.4, -0.2) is 21.4 Å². The van der Waals surface area contributed by atoms with E-state index in [2.05, 4.69) is 21.6 Å². The maximum atomic E-state index is 12.7. The maximum Gasteiger partial charge on any atom is 0.277 e. The molecule has 8 heteroatoms. The van der Waals surface area contributed by atoms with Crippen molar-refractivity contribution >= 4 is 34.0 Å². The van der Waals surface area contributed by atoms with Crippen molar-refractivity contribution in [1.29, 1.82) is 5.26 Å². The van der Waals surface area contributed by atoms with E-state index in [1.165, 1.54) is 23.1 Å². The summed E-state index contributed by atoms with van der Waals surface area (Å²) in [6.45, 7) is 1.80. The summed E-state index contributed by atoms with van der Waals surface area (Å²) >= 11 is 2.77. The molecule has 1 aromatic carbocycles. The second kappa shape index (κ2) is 9.45. The Morgan fingerprint density at radius 2 is 2.07 bits per heavy atom. The number of aryl methyl sites for hydroxylation is 1. The van der Waals surface area contributed by atoms with Gasteiger partial charge in [0.15, 0.2) is 0 Å². The minimum atomic E-state index is -0.427. The SMILES string of the molecule is CC(Sc1nnc(Cc2ccccc2)o1)C(=O)Nc1sc2c(c1C#N)CCCCC2. The largest absolute Gasteiger partial charge is 0.416 e. The first kappa shape index (κ1) is 20.6. The highest BCUT2D eigenvalue weighted by Gasteiger charge is 2.24. The number of carbonyl (C=O) groups is 1. The van der Waals surface area contributed by atoms with E-state index in [0.717, 1.165) is 36.8 Å². The minimum Gasteiger partial charge on any atom is -0.416 e. The Morgan fingerprint density at radius 3 is 2.87 bits per heavy atom. The molecular weight excluding hydrogens is 416 g/mol. The predicted octanol–water partition coefficient (Wildman–Crippen LogP) is 4.98. The first-order chi connectivity index (χ1) is 14.6. The Morgan fingerprint density at radius 1 is 1.27 bits per heavy atom. The molecule has 6 nitrogen and oxygen atoms in total. The van der Waals surface area contributed by atoms with Gasteiger partial charge in [0, 0.05) is 4.88 Å². The number of nitrogens with one attached hydrogen (secondary N) is 1. The average Bonchev–Trinajstić information content (AvgIpc) is 3.24. The van der Waals surface area contributed by atoms with Gasteiger partial charge in [0.25, 0.3) is 5.22 Å². The molecule has 1 aliphatic rings. The molecule has 2 aromatic heterocycles. The van der Waals surface area contributed by atoms with Gasteiger partial charge in [-0.3, -0.25) is 4.79 Å². The van der Waals surface area contributed by atoms with Crippen LogP contribution in [0.5, 0.6) is 0 Å². The second-order valence-corrected chi connectivity index (χ2v) is 9.65. The summed E-state index contributed by atoms with van der Waals surface area (Å²) < 4.78 is 5.69. The third-order valence-electron chi connectivity index (χ3n) is 5.06. The Labute approximate surface area is 183 Å². The zero-order chi connectivity index (χ0) is 20.9. The van der Waals surface area contributed by atoms with Crippen LogP contribution in [0.4, 0.5) is 5.00 Å². The number of thioether (sulfide) groups is 1. The highest BCUT2D eigenvalue weighted by atomic mass is 32.2. The van der Waals surface area contributed by atoms with Gasteiger partial charge in [-0.25, -0.2) is 0 Å². The molecule has 1 N–H and O–H groups in total. The number of aromatic nitrogens is 2. The summed E-state index contributed by atoms with van der Waals surface area (Å²) in [6, 6.07) is 12.2. The lowest BCUT2D eigenvalue weighted by molar-refractivity contribution is -0.115. The number of amides is 1. The van der Waals surface area contributed by atoms with Gasteiger partial charge in [-0.1, -0.05) is 48.5 Å². The fraction of sp³-hybridized carbons (Fsp3) is 0.364. The summed E-state index contributed by atoms with van der Waals surface area (Å²) in [6.07, 6.45) is 5.89. The molecule has 1 unspecified atom stereocenters. The Balaban J connectivity index is 1.40. The number of rotatable bonds is 6. The number of thiophene rings is 1. The molecule has 0 saturated heterocycles. The van der Waals surface area contributed by atoms with Crippen LogP contribution in [0.3, 0.4) is 0 Å². The van der Waals surface area contributed by atoms with Crippen LogP contribution in [0, 0.1) is 11.3 Å². The van der Waals surface area contributed by atoms with Crippen LogP contribution in [0.25, 0.3) is 0 Å². The Bertz CT molecular complexity index is 1070. The minimum absolute atomic E-state index is 0.171. The molecule has 1 atom stereocenters. The number of carbonyl (C=O) groups excluding carboxylic acids is 1. The number of nitrogens with zero attached hydrogens (tertiary/aromatic N) is 3. The smallest absolute Gasteiger partial charge is 0.277 e. The summed E-state index contributed by atoms with van der Waals surface area (Å²) in [7, 11) is 0. The van der Waals surface area contributed by atoms with E-state index in [1.807, 2.05) is 30.3 Å². The van der Waals surface area contributed by atoms with E-state index in [0.29, 0.717) is 28.1 Å². The molecule has 3 aromatic rings.